The Bertz CT molecular complexity index is 109. The first-order valence-electron chi connectivity index (χ1n) is 4.69. The van der Waals surface area contributed by atoms with Gasteiger partial charge in [-0.3, -0.25) is 0 Å². The normalized spacial score (nSPS) is 11.8. The molecular formula is C11H20. The Hall–Kier alpha value is -0.520. The van der Waals surface area contributed by atoms with Crippen molar-refractivity contribution in [3.8, 4) is 0 Å². The minimum absolute atomic E-state index is 1.24. The van der Waals surface area contributed by atoms with Gasteiger partial charge < -0.3 is 0 Å². The molecule has 0 aliphatic carbocycles. The van der Waals surface area contributed by atoms with Gasteiger partial charge in [0, 0.05) is 0 Å². The fourth-order valence-corrected chi connectivity index (χ4v) is 0.975. The molecule has 0 saturated heterocycles. The molecule has 0 spiro atoms. The summed E-state index contributed by atoms with van der Waals surface area (Å²) in [5, 5.41) is 0. The van der Waals surface area contributed by atoms with Gasteiger partial charge in [0.1, 0.15) is 0 Å². The van der Waals surface area contributed by atoms with Crippen molar-refractivity contribution in [2.45, 2.75) is 46.0 Å². The molecule has 0 heteroatoms. The van der Waals surface area contributed by atoms with E-state index in [9.17, 15) is 0 Å². The number of hydrogen-bond acceptors (Lipinski definition) is 0. The zero-order valence-electron chi connectivity index (χ0n) is 7.84. The van der Waals surface area contributed by atoms with E-state index in [4.69, 9.17) is 0 Å². The van der Waals surface area contributed by atoms with E-state index in [1.165, 1.54) is 32.1 Å². The summed E-state index contributed by atoms with van der Waals surface area (Å²) in [6, 6.07) is 0. The van der Waals surface area contributed by atoms with Crippen molar-refractivity contribution < 1.29 is 0 Å². The van der Waals surface area contributed by atoms with Crippen LogP contribution in [0.2, 0.25) is 0 Å². The average molecular weight is 152 g/mol. The van der Waals surface area contributed by atoms with Crippen LogP contribution in [0.25, 0.3) is 0 Å². The first kappa shape index (κ1) is 10.5. The molecule has 0 atom stereocenters. The summed E-state index contributed by atoms with van der Waals surface area (Å²) in [5.41, 5.74) is 0. The van der Waals surface area contributed by atoms with Gasteiger partial charge in [0.05, 0.1) is 0 Å². The van der Waals surface area contributed by atoms with Crippen molar-refractivity contribution in [1.29, 1.82) is 0 Å². The molecule has 0 bridgehead atoms. The van der Waals surface area contributed by atoms with Gasteiger partial charge in [-0.1, -0.05) is 50.5 Å². The Kier molecular flexibility index (Phi) is 9.03. The fourth-order valence-electron chi connectivity index (χ4n) is 0.975. The van der Waals surface area contributed by atoms with Gasteiger partial charge >= 0.3 is 0 Å². The van der Waals surface area contributed by atoms with Crippen LogP contribution in [0.1, 0.15) is 46.0 Å². The van der Waals surface area contributed by atoms with E-state index in [0.717, 1.165) is 0 Å². The first-order valence-corrected chi connectivity index (χ1v) is 4.69. The van der Waals surface area contributed by atoms with Gasteiger partial charge in [-0.15, -0.1) is 0 Å². The maximum absolute atomic E-state index is 2.25. The van der Waals surface area contributed by atoms with Crippen molar-refractivity contribution in [2.75, 3.05) is 0 Å². The monoisotopic (exact) mass is 152 g/mol. The van der Waals surface area contributed by atoms with Gasteiger partial charge in [0.25, 0.3) is 0 Å². The van der Waals surface area contributed by atoms with Crippen molar-refractivity contribution in [3.05, 3.63) is 24.3 Å². The van der Waals surface area contributed by atoms with E-state index in [1.54, 1.807) is 0 Å². The quantitative estimate of drug-likeness (QED) is 0.397. The van der Waals surface area contributed by atoms with Crippen molar-refractivity contribution in [1.82, 2.24) is 0 Å². The second-order valence-electron chi connectivity index (χ2n) is 2.80. The molecule has 0 aliphatic heterocycles. The van der Waals surface area contributed by atoms with Crippen LogP contribution in [-0.4, -0.2) is 0 Å². The molecule has 11 heavy (non-hydrogen) atoms. The highest BCUT2D eigenvalue weighted by Crippen LogP contribution is 2.02. The minimum atomic E-state index is 1.24. The largest absolute Gasteiger partial charge is 0.0877 e. The zero-order chi connectivity index (χ0) is 8.36. The molecule has 0 N–H and O–H groups in total. The number of unbranched alkanes of at least 4 members (excludes halogenated alkanes) is 4. The highest BCUT2D eigenvalue weighted by atomic mass is 13.9. The minimum Gasteiger partial charge on any atom is -0.0877 e. The van der Waals surface area contributed by atoms with Crippen molar-refractivity contribution >= 4 is 0 Å². The summed E-state index contributed by atoms with van der Waals surface area (Å²) in [7, 11) is 0. The van der Waals surface area contributed by atoms with Crippen LogP contribution in [0.15, 0.2) is 24.3 Å². The molecule has 0 fully saturated rings. The van der Waals surface area contributed by atoms with Crippen LogP contribution in [0.3, 0.4) is 0 Å². The molecule has 0 rings (SSSR count). The highest BCUT2D eigenvalue weighted by molar-refractivity contribution is 5.00. The van der Waals surface area contributed by atoms with Crippen LogP contribution in [-0.2, 0) is 0 Å². The number of allylic oxidation sites excluding steroid dienone is 4. The summed E-state index contributed by atoms with van der Waals surface area (Å²) < 4.78 is 0. The lowest BCUT2D eigenvalue weighted by Gasteiger charge is -1.92. The van der Waals surface area contributed by atoms with Gasteiger partial charge in [-0.05, 0) is 19.8 Å². The SMILES string of the molecule is C/C=C/C=C\CCCCCC. The summed E-state index contributed by atoms with van der Waals surface area (Å²) in [4.78, 5) is 0. The van der Waals surface area contributed by atoms with E-state index in [-0.39, 0.29) is 0 Å². The number of rotatable bonds is 6. The third-order valence-electron chi connectivity index (χ3n) is 1.66. The summed E-state index contributed by atoms with van der Waals surface area (Å²) in [6.45, 7) is 4.29. The maximum Gasteiger partial charge on any atom is -0.0348 e. The lowest BCUT2D eigenvalue weighted by atomic mass is 10.1. The molecule has 0 radical (unpaired) electrons. The van der Waals surface area contributed by atoms with Gasteiger partial charge in [-0.2, -0.15) is 0 Å². The molecule has 0 heterocycles. The smallest absolute Gasteiger partial charge is 0.0348 e. The summed E-state index contributed by atoms with van der Waals surface area (Å²) in [5.74, 6) is 0. The molecule has 0 amide bonds. The predicted molar refractivity (Wildman–Crippen MR) is 52.7 cm³/mol. The van der Waals surface area contributed by atoms with E-state index in [2.05, 4.69) is 31.2 Å². The second kappa shape index (κ2) is 9.48. The van der Waals surface area contributed by atoms with Gasteiger partial charge in [0.15, 0.2) is 0 Å². The Balaban J connectivity index is 3.01. The standard InChI is InChI=1S/C11H20/c1-3-5-7-9-11-10-8-6-4-2/h3,5,7,9H,4,6,8,10-11H2,1-2H3/b5-3+,9-7-. The second-order valence-corrected chi connectivity index (χ2v) is 2.80. The maximum atomic E-state index is 2.25. The third-order valence-corrected chi connectivity index (χ3v) is 1.66. The molecule has 0 aliphatic rings. The molecular weight excluding hydrogens is 132 g/mol. The molecule has 0 aromatic rings. The topological polar surface area (TPSA) is 0 Å². The molecule has 0 nitrogen and oxygen atoms in total. The Morgan fingerprint density at radius 1 is 1.00 bits per heavy atom. The Morgan fingerprint density at radius 3 is 2.45 bits per heavy atom. The lowest BCUT2D eigenvalue weighted by molar-refractivity contribution is 0.674. The molecule has 0 aromatic heterocycles. The summed E-state index contributed by atoms with van der Waals surface area (Å²) in [6.07, 6.45) is 15.2. The highest BCUT2D eigenvalue weighted by Gasteiger charge is 1.82. The van der Waals surface area contributed by atoms with Crippen LogP contribution in [0, 0.1) is 0 Å². The van der Waals surface area contributed by atoms with Gasteiger partial charge in [0.2, 0.25) is 0 Å². The van der Waals surface area contributed by atoms with E-state index < -0.39 is 0 Å². The Morgan fingerprint density at radius 2 is 1.82 bits per heavy atom. The van der Waals surface area contributed by atoms with Crippen molar-refractivity contribution in [3.63, 3.8) is 0 Å². The van der Waals surface area contributed by atoms with E-state index >= 15 is 0 Å². The van der Waals surface area contributed by atoms with Crippen LogP contribution < -0.4 is 0 Å². The Labute approximate surface area is 71.0 Å². The number of hydrogen-bond donors (Lipinski definition) is 0. The van der Waals surface area contributed by atoms with Crippen LogP contribution >= 0.6 is 0 Å². The first-order chi connectivity index (χ1) is 5.41. The molecule has 0 saturated carbocycles. The zero-order valence-corrected chi connectivity index (χ0v) is 7.84. The summed E-state index contributed by atoms with van der Waals surface area (Å²) >= 11 is 0. The molecule has 0 aromatic carbocycles. The van der Waals surface area contributed by atoms with Crippen molar-refractivity contribution in [2.24, 2.45) is 0 Å². The fraction of sp³-hybridized carbons (Fsp3) is 0.636. The third kappa shape index (κ3) is 9.48. The van der Waals surface area contributed by atoms with E-state index in [0.29, 0.717) is 0 Å². The lowest BCUT2D eigenvalue weighted by Crippen LogP contribution is -1.72. The van der Waals surface area contributed by atoms with E-state index in [1.807, 2.05) is 6.92 Å². The van der Waals surface area contributed by atoms with Crippen LogP contribution in [0.4, 0.5) is 0 Å². The van der Waals surface area contributed by atoms with Gasteiger partial charge in [-0.25, -0.2) is 0 Å². The molecule has 64 valence electrons. The predicted octanol–water partition coefficient (Wildman–Crippen LogP) is 4.09. The average Bonchev–Trinajstić information content (AvgIpc) is 2.03. The molecule has 0 unspecified atom stereocenters. The van der Waals surface area contributed by atoms with Crippen LogP contribution in [0.5, 0.6) is 0 Å².